The van der Waals surface area contributed by atoms with E-state index in [1.54, 1.807) is 42.8 Å². The number of aryl methyl sites for hydroxylation is 2. The first kappa shape index (κ1) is 21.1. The van der Waals surface area contributed by atoms with Crippen molar-refractivity contribution in [2.45, 2.75) is 24.7 Å². The number of sulfonamides is 1. The number of thiazole rings is 1. The van der Waals surface area contributed by atoms with Gasteiger partial charge >= 0.3 is 0 Å². The molecule has 160 valence electrons. The van der Waals surface area contributed by atoms with Crippen molar-refractivity contribution in [3.63, 3.8) is 0 Å². The summed E-state index contributed by atoms with van der Waals surface area (Å²) in [5.74, 6) is -0.0140. The molecule has 2 aromatic heterocycles. The van der Waals surface area contributed by atoms with E-state index in [4.69, 9.17) is 5.26 Å². The van der Waals surface area contributed by atoms with Gasteiger partial charge in [-0.3, -0.25) is 9.52 Å². The highest BCUT2D eigenvalue weighted by atomic mass is 32.2. The quantitative estimate of drug-likeness (QED) is 0.635. The molecule has 1 N–H and O–H groups in total. The van der Waals surface area contributed by atoms with Crippen molar-refractivity contribution in [1.82, 2.24) is 14.5 Å². The number of benzene rings is 1. The summed E-state index contributed by atoms with van der Waals surface area (Å²) in [4.78, 5) is 19.8. The number of nitrogens with zero attached hydrogens (tertiary/aromatic N) is 4. The molecular weight excluding hydrogens is 434 g/mol. The first-order chi connectivity index (χ1) is 14.8. The van der Waals surface area contributed by atoms with E-state index in [0.717, 1.165) is 25.9 Å². The molecule has 4 rings (SSSR count). The lowest BCUT2D eigenvalue weighted by Crippen LogP contribution is -2.27. The summed E-state index contributed by atoms with van der Waals surface area (Å²) in [6.07, 6.45) is 3.53. The highest BCUT2D eigenvalue weighted by Crippen LogP contribution is 2.32. The van der Waals surface area contributed by atoms with Gasteiger partial charge < -0.3 is 9.47 Å². The molecule has 0 aliphatic carbocycles. The summed E-state index contributed by atoms with van der Waals surface area (Å²) < 4.78 is 29.9. The summed E-state index contributed by atoms with van der Waals surface area (Å²) in [6.45, 7) is 3.32. The molecule has 31 heavy (non-hydrogen) atoms. The van der Waals surface area contributed by atoms with Crippen molar-refractivity contribution >= 4 is 33.0 Å². The second-order valence-corrected chi connectivity index (χ2v) is 10.1. The fraction of sp³-hybridized carbons (Fsp3) is 0.286. The van der Waals surface area contributed by atoms with Gasteiger partial charge in [0.25, 0.3) is 15.9 Å². The summed E-state index contributed by atoms with van der Waals surface area (Å²) in [7, 11) is -2.12. The second kappa shape index (κ2) is 8.17. The number of carbonyl (C=O) groups is 1. The molecule has 1 amide bonds. The Kier molecular flexibility index (Phi) is 5.56. The van der Waals surface area contributed by atoms with Crippen LogP contribution in [0.4, 0.5) is 5.69 Å². The fourth-order valence-corrected chi connectivity index (χ4v) is 5.74. The second-order valence-electron chi connectivity index (χ2n) is 7.40. The molecule has 0 radical (unpaired) electrons. The highest BCUT2D eigenvalue weighted by Gasteiger charge is 2.26. The number of carbonyl (C=O) groups excluding carboxylic acids is 1. The van der Waals surface area contributed by atoms with Crippen LogP contribution in [0.25, 0.3) is 10.7 Å². The van der Waals surface area contributed by atoms with Crippen molar-refractivity contribution in [3.05, 3.63) is 52.7 Å². The van der Waals surface area contributed by atoms with E-state index in [1.807, 2.05) is 11.0 Å². The molecule has 3 heterocycles. The summed E-state index contributed by atoms with van der Waals surface area (Å²) in [5.41, 5.74) is 1.93. The molecule has 3 aromatic rings. The van der Waals surface area contributed by atoms with E-state index in [-0.39, 0.29) is 10.8 Å². The van der Waals surface area contributed by atoms with Gasteiger partial charge in [0, 0.05) is 26.3 Å². The zero-order chi connectivity index (χ0) is 22.2. The first-order valence-electron chi connectivity index (χ1n) is 9.75. The average molecular weight is 456 g/mol. The van der Waals surface area contributed by atoms with Gasteiger partial charge in [-0.15, -0.1) is 11.3 Å². The predicted octanol–water partition coefficient (Wildman–Crippen LogP) is 3.37. The number of nitriles is 1. The van der Waals surface area contributed by atoms with Gasteiger partial charge in [0.1, 0.15) is 14.8 Å². The molecule has 1 aliphatic rings. The molecule has 1 aromatic carbocycles. The average Bonchev–Trinajstić information content (AvgIpc) is 3.47. The molecule has 8 nitrogen and oxygen atoms in total. The third kappa shape index (κ3) is 4.19. The van der Waals surface area contributed by atoms with Crippen LogP contribution in [0.1, 0.15) is 33.8 Å². The number of hydrogen-bond donors (Lipinski definition) is 1. The maximum Gasteiger partial charge on any atom is 0.265 e. The lowest BCUT2D eigenvalue weighted by Gasteiger charge is -2.13. The summed E-state index contributed by atoms with van der Waals surface area (Å²) in [6, 6.07) is 9.80. The number of nitrogens with one attached hydrogen (secondary N) is 1. The largest absolute Gasteiger partial charge is 0.347 e. The third-order valence-electron chi connectivity index (χ3n) is 5.14. The molecule has 0 atom stereocenters. The number of rotatable bonds is 5. The minimum Gasteiger partial charge on any atom is -0.347 e. The van der Waals surface area contributed by atoms with Crippen LogP contribution in [0.15, 0.2) is 41.4 Å². The lowest BCUT2D eigenvalue weighted by atomic mass is 10.2. The molecular formula is C21H21N5O3S2. The van der Waals surface area contributed by atoms with Crippen LogP contribution in [-0.4, -0.2) is 41.9 Å². The number of aromatic nitrogens is 2. The van der Waals surface area contributed by atoms with Crippen molar-refractivity contribution in [1.29, 1.82) is 5.26 Å². The van der Waals surface area contributed by atoms with Crippen LogP contribution >= 0.6 is 11.3 Å². The summed E-state index contributed by atoms with van der Waals surface area (Å²) in [5, 5.41) is 9.61. The maximum absolute atomic E-state index is 12.9. The maximum atomic E-state index is 12.9. The van der Waals surface area contributed by atoms with E-state index in [9.17, 15) is 13.2 Å². The molecule has 0 unspecified atom stereocenters. The number of amides is 1. The van der Waals surface area contributed by atoms with Gasteiger partial charge in [-0.25, -0.2) is 13.4 Å². The number of hydrogen-bond acceptors (Lipinski definition) is 6. The van der Waals surface area contributed by atoms with E-state index < -0.39 is 10.0 Å². The minimum atomic E-state index is -3.86. The predicted molar refractivity (Wildman–Crippen MR) is 118 cm³/mol. The van der Waals surface area contributed by atoms with Gasteiger partial charge in [0.15, 0.2) is 0 Å². The monoisotopic (exact) mass is 455 g/mol. The van der Waals surface area contributed by atoms with E-state index >= 15 is 0 Å². The van der Waals surface area contributed by atoms with Gasteiger partial charge in [-0.2, -0.15) is 5.26 Å². The van der Waals surface area contributed by atoms with E-state index in [1.165, 1.54) is 23.6 Å². The standard InChI is InChI=1S/C21H21N5O3S2/c1-14-19(21(27)26-8-3-4-9-26)30-20(23-14)18-11-17(13-25(18)2)31(28,29)24-16-7-5-6-15(10-16)12-22/h5-7,10-11,13,24H,3-4,8-9H2,1-2H3. The molecule has 1 fully saturated rings. The van der Waals surface area contributed by atoms with Crippen LogP contribution in [0.2, 0.25) is 0 Å². The van der Waals surface area contributed by atoms with Crippen molar-refractivity contribution < 1.29 is 13.2 Å². The Morgan fingerprint density at radius 2 is 2.00 bits per heavy atom. The fourth-order valence-electron chi connectivity index (χ4n) is 3.53. The van der Waals surface area contributed by atoms with Crippen LogP contribution in [0, 0.1) is 18.3 Å². The Labute approximate surface area is 184 Å². The van der Waals surface area contributed by atoms with Crippen molar-refractivity contribution in [2.75, 3.05) is 17.8 Å². The number of likely N-dealkylation sites (tertiary alicyclic amines) is 1. The topological polar surface area (TPSA) is 108 Å². The Morgan fingerprint density at radius 1 is 1.26 bits per heavy atom. The van der Waals surface area contributed by atoms with Crippen molar-refractivity contribution in [2.24, 2.45) is 7.05 Å². The molecule has 1 aliphatic heterocycles. The minimum absolute atomic E-state index is 0.0140. The Bertz CT molecular complexity index is 1290. The van der Waals surface area contributed by atoms with Crippen molar-refractivity contribution in [3.8, 4) is 16.8 Å². The van der Waals surface area contributed by atoms with Crippen LogP contribution < -0.4 is 4.72 Å². The molecule has 0 spiro atoms. The van der Waals surface area contributed by atoms with Gasteiger partial charge in [-0.1, -0.05) is 6.07 Å². The van der Waals surface area contributed by atoms with E-state index in [2.05, 4.69) is 9.71 Å². The van der Waals surface area contributed by atoms with Gasteiger partial charge in [-0.05, 0) is 44.0 Å². The third-order valence-corrected chi connectivity index (χ3v) is 7.65. The summed E-state index contributed by atoms with van der Waals surface area (Å²) >= 11 is 1.28. The van der Waals surface area contributed by atoms with E-state index in [0.29, 0.717) is 32.5 Å². The Balaban J connectivity index is 1.62. The molecule has 1 saturated heterocycles. The molecule has 10 heteroatoms. The molecule has 0 saturated carbocycles. The lowest BCUT2D eigenvalue weighted by molar-refractivity contribution is 0.0796. The van der Waals surface area contributed by atoms with Gasteiger partial charge in [0.05, 0.1) is 28.7 Å². The van der Waals surface area contributed by atoms with Crippen LogP contribution in [0.5, 0.6) is 0 Å². The smallest absolute Gasteiger partial charge is 0.265 e. The normalized spacial score (nSPS) is 13.9. The molecule has 0 bridgehead atoms. The zero-order valence-electron chi connectivity index (χ0n) is 17.1. The number of anilines is 1. The first-order valence-corrected chi connectivity index (χ1v) is 12.0. The van der Waals surface area contributed by atoms with Crippen LogP contribution in [0.3, 0.4) is 0 Å². The Hall–Kier alpha value is -3.16. The zero-order valence-corrected chi connectivity index (χ0v) is 18.8. The van der Waals surface area contributed by atoms with Gasteiger partial charge in [0.2, 0.25) is 0 Å². The SMILES string of the molecule is Cc1nc(-c2cc(S(=O)(=O)Nc3cccc(C#N)c3)cn2C)sc1C(=O)N1CCCC1. The Morgan fingerprint density at radius 3 is 2.71 bits per heavy atom. The van der Waals surface area contributed by atoms with Crippen LogP contribution in [-0.2, 0) is 17.1 Å². The highest BCUT2D eigenvalue weighted by molar-refractivity contribution is 7.92.